The number of nitrogens with zero attached hydrogens (tertiary/aromatic N) is 2. The molecule has 7 heteroatoms. The Morgan fingerprint density at radius 3 is 2.81 bits per heavy atom. The molecule has 2 atom stereocenters. The van der Waals surface area contributed by atoms with Crippen LogP contribution in [-0.4, -0.2) is 40.7 Å². The van der Waals surface area contributed by atoms with Crippen molar-refractivity contribution in [1.82, 2.24) is 20.4 Å². The first-order chi connectivity index (χ1) is 9.97. The van der Waals surface area contributed by atoms with Crippen molar-refractivity contribution in [2.75, 3.05) is 18.4 Å². The Morgan fingerprint density at radius 2 is 2.24 bits per heavy atom. The van der Waals surface area contributed by atoms with E-state index in [9.17, 15) is 9.59 Å². The zero-order valence-electron chi connectivity index (χ0n) is 12.7. The van der Waals surface area contributed by atoms with Crippen molar-refractivity contribution in [3.63, 3.8) is 0 Å². The van der Waals surface area contributed by atoms with Crippen molar-refractivity contribution in [3.05, 3.63) is 12.3 Å². The Morgan fingerprint density at radius 1 is 1.48 bits per heavy atom. The highest BCUT2D eigenvalue weighted by Crippen LogP contribution is 2.16. The summed E-state index contributed by atoms with van der Waals surface area (Å²) < 4.78 is 1.87. The molecule has 0 radical (unpaired) electrons. The second-order valence-electron chi connectivity index (χ2n) is 5.74. The number of carbonyl (C=O) groups is 2. The Labute approximate surface area is 124 Å². The van der Waals surface area contributed by atoms with Gasteiger partial charge in [-0.25, -0.2) is 0 Å². The van der Waals surface area contributed by atoms with Crippen molar-refractivity contribution >= 4 is 17.6 Å². The molecule has 1 fully saturated rings. The van der Waals surface area contributed by atoms with E-state index < -0.39 is 6.04 Å². The Balaban J connectivity index is 1.99. The molecule has 0 bridgehead atoms. The van der Waals surface area contributed by atoms with E-state index in [0.29, 0.717) is 11.9 Å². The SMILES string of the molecule is CC(=O)NC(C(=O)Nc1ccn(C2CCNC2)n1)C(C)C. The monoisotopic (exact) mass is 293 g/mol. The first-order valence-electron chi connectivity index (χ1n) is 7.31. The van der Waals surface area contributed by atoms with E-state index >= 15 is 0 Å². The van der Waals surface area contributed by atoms with E-state index in [4.69, 9.17) is 0 Å². The quantitative estimate of drug-likeness (QED) is 0.738. The van der Waals surface area contributed by atoms with E-state index in [-0.39, 0.29) is 17.7 Å². The van der Waals surface area contributed by atoms with Gasteiger partial charge in [0.05, 0.1) is 6.04 Å². The van der Waals surface area contributed by atoms with Crippen molar-refractivity contribution < 1.29 is 9.59 Å². The lowest BCUT2D eigenvalue weighted by Gasteiger charge is -2.20. The van der Waals surface area contributed by atoms with Crippen LogP contribution in [0.5, 0.6) is 0 Å². The second kappa shape index (κ2) is 6.71. The minimum absolute atomic E-state index is 0.00928. The summed E-state index contributed by atoms with van der Waals surface area (Å²) in [5.74, 6) is 0.0688. The van der Waals surface area contributed by atoms with Crippen LogP contribution in [0.4, 0.5) is 5.82 Å². The van der Waals surface area contributed by atoms with Crippen LogP contribution in [0.25, 0.3) is 0 Å². The molecule has 116 valence electrons. The van der Waals surface area contributed by atoms with Gasteiger partial charge < -0.3 is 16.0 Å². The van der Waals surface area contributed by atoms with Gasteiger partial charge in [0.15, 0.2) is 5.82 Å². The Hall–Kier alpha value is -1.89. The van der Waals surface area contributed by atoms with Gasteiger partial charge in [-0.05, 0) is 18.9 Å². The third-order valence-electron chi connectivity index (χ3n) is 3.58. The van der Waals surface area contributed by atoms with Crippen LogP contribution in [0.2, 0.25) is 0 Å². The molecule has 1 aromatic heterocycles. The lowest BCUT2D eigenvalue weighted by atomic mass is 10.0. The Kier molecular flexibility index (Phi) is 4.95. The third-order valence-corrected chi connectivity index (χ3v) is 3.58. The highest BCUT2D eigenvalue weighted by molar-refractivity contribution is 5.96. The van der Waals surface area contributed by atoms with E-state index in [1.165, 1.54) is 6.92 Å². The maximum atomic E-state index is 12.2. The number of rotatable bonds is 5. The standard InChI is InChI=1S/C14H23N5O2/c1-9(2)13(16-10(3)20)14(21)17-12-5-7-19(18-12)11-4-6-15-8-11/h5,7,9,11,13,15H,4,6,8H2,1-3H3,(H,16,20)(H,17,18,21). The molecule has 1 saturated heterocycles. The summed E-state index contributed by atoms with van der Waals surface area (Å²) in [6.07, 6.45) is 2.91. The van der Waals surface area contributed by atoms with Gasteiger partial charge in [0.25, 0.3) is 0 Å². The zero-order chi connectivity index (χ0) is 15.4. The summed E-state index contributed by atoms with van der Waals surface area (Å²) in [6.45, 7) is 7.08. The molecule has 2 heterocycles. The fourth-order valence-electron chi connectivity index (χ4n) is 2.43. The number of anilines is 1. The molecular weight excluding hydrogens is 270 g/mol. The first kappa shape index (κ1) is 15.5. The zero-order valence-corrected chi connectivity index (χ0v) is 12.7. The summed E-state index contributed by atoms with van der Waals surface area (Å²) in [7, 11) is 0. The predicted molar refractivity (Wildman–Crippen MR) is 79.8 cm³/mol. The van der Waals surface area contributed by atoms with Crippen LogP contribution in [0.3, 0.4) is 0 Å². The van der Waals surface area contributed by atoms with Crippen molar-refractivity contribution in [3.8, 4) is 0 Å². The van der Waals surface area contributed by atoms with E-state index in [0.717, 1.165) is 19.5 Å². The topological polar surface area (TPSA) is 88.0 Å². The van der Waals surface area contributed by atoms with Gasteiger partial charge in [-0.2, -0.15) is 5.10 Å². The van der Waals surface area contributed by atoms with Crippen LogP contribution in [0, 0.1) is 5.92 Å². The number of hydrogen-bond acceptors (Lipinski definition) is 4. The van der Waals surface area contributed by atoms with Crippen LogP contribution in [0.1, 0.15) is 33.2 Å². The first-order valence-corrected chi connectivity index (χ1v) is 7.31. The molecule has 2 rings (SSSR count). The van der Waals surface area contributed by atoms with Gasteiger partial charge in [-0.15, -0.1) is 0 Å². The maximum Gasteiger partial charge on any atom is 0.248 e. The molecule has 1 aliphatic rings. The van der Waals surface area contributed by atoms with Crippen LogP contribution >= 0.6 is 0 Å². The molecule has 0 saturated carbocycles. The second-order valence-corrected chi connectivity index (χ2v) is 5.74. The molecule has 21 heavy (non-hydrogen) atoms. The average Bonchev–Trinajstić information content (AvgIpc) is 3.05. The summed E-state index contributed by atoms with van der Waals surface area (Å²) in [5.41, 5.74) is 0. The summed E-state index contributed by atoms with van der Waals surface area (Å²) in [4.78, 5) is 23.4. The van der Waals surface area contributed by atoms with Gasteiger partial charge >= 0.3 is 0 Å². The van der Waals surface area contributed by atoms with Gasteiger partial charge in [-0.3, -0.25) is 14.3 Å². The van der Waals surface area contributed by atoms with E-state index in [2.05, 4.69) is 21.0 Å². The minimum atomic E-state index is -0.555. The molecule has 0 aromatic carbocycles. The van der Waals surface area contributed by atoms with Crippen LogP contribution < -0.4 is 16.0 Å². The highest BCUT2D eigenvalue weighted by Gasteiger charge is 2.24. The molecule has 0 aliphatic carbocycles. The summed E-state index contributed by atoms with van der Waals surface area (Å²) in [5, 5.41) is 13.1. The molecule has 1 aromatic rings. The average molecular weight is 293 g/mol. The predicted octanol–water partition coefficient (Wildman–Crippen LogP) is 0.517. The normalized spacial score (nSPS) is 19.5. The molecular formula is C14H23N5O2. The third kappa shape index (κ3) is 4.04. The van der Waals surface area contributed by atoms with Crippen LogP contribution in [0.15, 0.2) is 12.3 Å². The largest absolute Gasteiger partial charge is 0.344 e. The van der Waals surface area contributed by atoms with E-state index in [1.54, 1.807) is 6.07 Å². The lowest BCUT2D eigenvalue weighted by molar-refractivity contribution is -0.126. The molecule has 2 unspecified atom stereocenters. The van der Waals surface area contributed by atoms with Gasteiger partial charge in [-0.1, -0.05) is 13.8 Å². The maximum absolute atomic E-state index is 12.2. The molecule has 1 aliphatic heterocycles. The number of amides is 2. The van der Waals surface area contributed by atoms with Gasteiger partial charge in [0.2, 0.25) is 11.8 Å². The number of nitrogens with one attached hydrogen (secondary N) is 3. The van der Waals surface area contributed by atoms with Gasteiger partial charge in [0.1, 0.15) is 6.04 Å². The van der Waals surface area contributed by atoms with Crippen molar-refractivity contribution in [2.24, 2.45) is 5.92 Å². The molecule has 3 N–H and O–H groups in total. The van der Waals surface area contributed by atoms with Gasteiger partial charge in [0, 0.05) is 25.7 Å². The lowest BCUT2D eigenvalue weighted by Crippen LogP contribution is -2.46. The molecule has 7 nitrogen and oxygen atoms in total. The number of aromatic nitrogens is 2. The fourth-order valence-corrected chi connectivity index (χ4v) is 2.43. The summed E-state index contributed by atoms with van der Waals surface area (Å²) in [6, 6.07) is 1.56. The number of carbonyl (C=O) groups excluding carboxylic acids is 2. The van der Waals surface area contributed by atoms with Crippen molar-refractivity contribution in [1.29, 1.82) is 0 Å². The minimum Gasteiger partial charge on any atom is -0.344 e. The molecule has 2 amide bonds. The Bertz CT molecular complexity index is 505. The fraction of sp³-hybridized carbons (Fsp3) is 0.643. The highest BCUT2D eigenvalue weighted by atomic mass is 16.2. The van der Waals surface area contributed by atoms with E-state index in [1.807, 2.05) is 24.7 Å². The number of hydrogen-bond donors (Lipinski definition) is 3. The van der Waals surface area contributed by atoms with Crippen molar-refractivity contribution in [2.45, 2.75) is 39.3 Å². The summed E-state index contributed by atoms with van der Waals surface area (Å²) >= 11 is 0. The molecule has 0 spiro atoms. The smallest absolute Gasteiger partial charge is 0.248 e. The van der Waals surface area contributed by atoms with Crippen LogP contribution in [-0.2, 0) is 9.59 Å².